The molecule has 1 aromatic heterocycles. The first-order valence-corrected chi connectivity index (χ1v) is 8.24. The Morgan fingerprint density at radius 2 is 1.96 bits per heavy atom. The largest absolute Gasteiger partial charge is 0.389 e. The Labute approximate surface area is 148 Å². The van der Waals surface area contributed by atoms with Crippen molar-refractivity contribution >= 4 is 22.5 Å². The third kappa shape index (κ3) is 2.45. The normalized spacial score (nSPS) is 16.8. The monoisotopic (exact) mass is 354 g/mol. The minimum atomic E-state index is -3.66. The number of carbonyl (C=O) groups is 1. The van der Waals surface area contributed by atoms with Gasteiger partial charge in [-0.05, 0) is 36.2 Å². The Hall–Kier alpha value is -2.86. The van der Waals surface area contributed by atoms with Crippen molar-refractivity contribution in [1.29, 1.82) is 0 Å². The molecule has 1 aliphatic heterocycles. The van der Waals surface area contributed by atoms with Gasteiger partial charge in [0.15, 0.2) is 0 Å². The number of amides is 1. The lowest BCUT2D eigenvalue weighted by molar-refractivity contribution is -0.141. The van der Waals surface area contributed by atoms with E-state index in [4.69, 9.17) is 0 Å². The van der Waals surface area contributed by atoms with Crippen LogP contribution in [0.5, 0.6) is 0 Å². The summed E-state index contributed by atoms with van der Waals surface area (Å²) < 4.78 is 29.3. The second-order valence-corrected chi connectivity index (χ2v) is 6.42. The summed E-state index contributed by atoms with van der Waals surface area (Å²) in [5.74, 6) is -4.94. The van der Waals surface area contributed by atoms with Gasteiger partial charge in [0.05, 0.1) is 29.4 Å². The first-order valence-electron chi connectivity index (χ1n) is 8.24. The van der Waals surface area contributed by atoms with Gasteiger partial charge in [0.2, 0.25) is 0 Å². The van der Waals surface area contributed by atoms with Crippen LogP contribution in [0.2, 0.25) is 0 Å². The number of halogens is 2. The molecule has 1 aliphatic rings. The number of fused-ring (bicyclic) bond motifs is 2. The van der Waals surface area contributed by atoms with E-state index in [2.05, 4.69) is 4.98 Å². The van der Waals surface area contributed by atoms with Crippen LogP contribution in [-0.4, -0.2) is 16.0 Å². The molecule has 0 spiro atoms. The van der Waals surface area contributed by atoms with Gasteiger partial charge in [0, 0.05) is 11.6 Å². The Morgan fingerprint density at radius 3 is 2.73 bits per heavy atom. The van der Waals surface area contributed by atoms with Crippen LogP contribution in [0.15, 0.2) is 54.7 Å². The standard InChI is InChI=1S/C20H16F2N2O2/c1-12(25)15-6-4-8-17-18(15)20(21,22)19(26)24(17)11-13-9-14-5-2-3-7-16(14)23-10-13/h2-10,12,25H,11H2,1H3/t12-/m0/s1. The quantitative estimate of drug-likeness (QED) is 0.775. The lowest BCUT2D eigenvalue weighted by atomic mass is 9.98. The Morgan fingerprint density at radius 1 is 1.19 bits per heavy atom. The zero-order valence-corrected chi connectivity index (χ0v) is 14.0. The molecule has 0 saturated carbocycles. The number of aromatic nitrogens is 1. The van der Waals surface area contributed by atoms with Gasteiger partial charge in [-0.1, -0.05) is 30.3 Å². The van der Waals surface area contributed by atoms with Crippen LogP contribution >= 0.6 is 0 Å². The first-order chi connectivity index (χ1) is 12.4. The fraction of sp³-hybridized carbons (Fsp3) is 0.200. The number of para-hydroxylation sites is 1. The highest BCUT2D eigenvalue weighted by Crippen LogP contribution is 2.47. The highest BCUT2D eigenvalue weighted by atomic mass is 19.3. The molecule has 26 heavy (non-hydrogen) atoms. The molecular formula is C20H16F2N2O2. The number of hydrogen-bond acceptors (Lipinski definition) is 3. The van der Waals surface area contributed by atoms with Crippen molar-refractivity contribution in [2.45, 2.75) is 25.5 Å². The Bertz CT molecular complexity index is 1020. The molecule has 132 valence electrons. The van der Waals surface area contributed by atoms with E-state index in [0.717, 1.165) is 15.8 Å². The van der Waals surface area contributed by atoms with E-state index >= 15 is 0 Å². The smallest absolute Gasteiger partial charge is 0.352 e. The maximum absolute atomic E-state index is 14.6. The summed E-state index contributed by atoms with van der Waals surface area (Å²) in [4.78, 5) is 17.8. The molecule has 1 N–H and O–H groups in total. The summed E-state index contributed by atoms with van der Waals surface area (Å²) in [7, 11) is 0. The molecule has 0 unspecified atom stereocenters. The average Bonchev–Trinajstić information content (AvgIpc) is 2.82. The summed E-state index contributed by atoms with van der Waals surface area (Å²) >= 11 is 0. The second kappa shape index (κ2) is 5.85. The number of rotatable bonds is 3. The van der Waals surface area contributed by atoms with Crippen molar-refractivity contribution in [2.75, 3.05) is 4.90 Å². The Balaban J connectivity index is 1.78. The first kappa shape index (κ1) is 16.6. The number of aliphatic hydroxyl groups is 1. The Kier molecular flexibility index (Phi) is 3.73. The third-order valence-electron chi connectivity index (χ3n) is 4.63. The molecule has 6 heteroatoms. The van der Waals surface area contributed by atoms with Gasteiger partial charge in [-0.15, -0.1) is 0 Å². The zero-order valence-electron chi connectivity index (χ0n) is 14.0. The van der Waals surface area contributed by atoms with Gasteiger partial charge >= 0.3 is 11.8 Å². The maximum atomic E-state index is 14.6. The SMILES string of the molecule is C[C@H](O)c1cccc2c1C(F)(F)C(=O)N2Cc1cnc2ccccc2c1. The van der Waals surface area contributed by atoms with E-state index in [9.17, 15) is 18.7 Å². The van der Waals surface area contributed by atoms with Crippen molar-refractivity contribution in [3.05, 3.63) is 71.4 Å². The van der Waals surface area contributed by atoms with Crippen LogP contribution in [0.3, 0.4) is 0 Å². The van der Waals surface area contributed by atoms with Crippen molar-refractivity contribution in [3.63, 3.8) is 0 Å². The molecule has 1 atom stereocenters. The summed E-state index contributed by atoms with van der Waals surface area (Å²) in [5, 5.41) is 10.7. The number of benzene rings is 2. The number of hydrogen-bond donors (Lipinski definition) is 1. The fourth-order valence-corrected chi connectivity index (χ4v) is 3.40. The van der Waals surface area contributed by atoms with Crippen LogP contribution < -0.4 is 4.90 Å². The number of pyridine rings is 1. The van der Waals surface area contributed by atoms with E-state index < -0.39 is 23.5 Å². The molecule has 1 amide bonds. The van der Waals surface area contributed by atoms with E-state index in [-0.39, 0.29) is 17.8 Å². The number of alkyl halides is 2. The van der Waals surface area contributed by atoms with Crippen molar-refractivity contribution in [3.8, 4) is 0 Å². The van der Waals surface area contributed by atoms with Crippen LogP contribution in [0, 0.1) is 0 Å². The van der Waals surface area contributed by atoms with Crippen molar-refractivity contribution in [1.82, 2.24) is 4.98 Å². The zero-order chi connectivity index (χ0) is 18.5. The van der Waals surface area contributed by atoms with Crippen LogP contribution in [0.1, 0.15) is 29.7 Å². The van der Waals surface area contributed by atoms with Crippen LogP contribution in [-0.2, 0) is 17.3 Å². The van der Waals surface area contributed by atoms with Gasteiger partial charge in [0.25, 0.3) is 0 Å². The molecular weight excluding hydrogens is 338 g/mol. The number of aliphatic hydroxyl groups excluding tert-OH is 1. The predicted molar refractivity (Wildman–Crippen MR) is 93.9 cm³/mol. The van der Waals surface area contributed by atoms with Crippen molar-refractivity contribution < 1.29 is 18.7 Å². The lowest BCUT2D eigenvalue weighted by Crippen LogP contribution is -2.34. The van der Waals surface area contributed by atoms with E-state index in [1.807, 2.05) is 30.3 Å². The average molecular weight is 354 g/mol. The maximum Gasteiger partial charge on any atom is 0.352 e. The predicted octanol–water partition coefficient (Wildman–Crippen LogP) is 3.93. The molecule has 0 saturated heterocycles. The van der Waals surface area contributed by atoms with Gasteiger partial charge < -0.3 is 10.0 Å². The van der Waals surface area contributed by atoms with Crippen LogP contribution in [0.4, 0.5) is 14.5 Å². The molecule has 0 bridgehead atoms. The van der Waals surface area contributed by atoms with Crippen molar-refractivity contribution in [2.24, 2.45) is 0 Å². The molecule has 3 aromatic rings. The summed E-state index contributed by atoms with van der Waals surface area (Å²) in [6.45, 7) is 1.40. The number of carbonyl (C=O) groups excluding carboxylic acids is 1. The summed E-state index contributed by atoms with van der Waals surface area (Å²) in [6, 6.07) is 13.8. The van der Waals surface area contributed by atoms with E-state index in [0.29, 0.717) is 5.56 Å². The molecule has 4 nitrogen and oxygen atoms in total. The highest BCUT2D eigenvalue weighted by Gasteiger charge is 2.54. The molecule has 0 radical (unpaired) electrons. The topological polar surface area (TPSA) is 53.4 Å². The summed E-state index contributed by atoms with van der Waals surface area (Å²) in [5.41, 5.74) is 1.24. The van der Waals surface area contributed by atoms with E-state index in [1.54, 1.807) is 12.3 Å². The minimum Gasteiger partial charge on any atom is -0.389 e. The second-order valence-electron chi connectivity index (χ2n) is 6.42. The molecule has 0 fully saturated rings. The molecule has 0 aliphatic carbocycles. The molecule has 2 aromatic carbocycles. The minimum absolute atomic E-state index is 0.0114. The van der Waals surface area contributed by atoms with Gasteiger partial charge in [-0.25, -0.2) is 0 Å². The summed E-state index contributed by atoms with van der Waals surface area (Å²) in [6.07, 6.45) is 0.496. The fourth-order valence-electron chi connectivity index (χ4n) is 3.40. The van der Waals surface area contributed by atoms with E-state index in [1.165, 1.54) is 19.1 Å². The third-order valence-corrected chi connectivity index (χ3v) is 4.63. The molecule has 2 heterocycles. The van der Waals surface area contributed by atoms with Gasteiger partial charge in [-0.2, -0.15) is 8.78 Å². The number of nitrogens with zero attached hydrogens (tertiary/aromatic N) is 2. The van der Waals surface area contributed by atoms with Crippen LogP contribution in [0.25, 0.3) is 10.9 Å². The number of anilines is 1. The highest BCUT2D eigenvalue weighted by molar-refractivity contribution is 6.06. The van der Waals surface area contributed by atoms with Gasteiger partial charge in [0.1, 0.15) is 0 Å². The molecule has 4 rings (SSSR count). The lowest BCUT2D eigenvalue weighted by Gasteiger charge is -2.18. The van der Waals surface area contributed by atoms with Gasteiger partial charge in [-0.3, -0.25) is 9.78 Å².